The number of imidazole rings is 1. The first-order chi connectivity index (χ1) is 10.7. The predicted molar refractivity (Wildman–Crippen MR) is 85.8 cm³/mol. The van der Waals surface area contributed by atoms with E-state index in [2.05, 4.69) is 21.6 Å². The van der Waals surface area contributed by atoms with Crippen LogP contribution in [-0.4, -0.2) is 33.9 Å². The lowest BCUT2D eigenvalue weighted by Gasteiger charge is -2.06. The number of nitrogens with one attached hydrogen (secondary N) is 1. The quantitative estimate of drug-likeness (QED) is 0.654. The number of rotatable bonds is 6. The molecule has 0 aliphatic heterocycles. The van der Waals surface area contributed by atoms with E-state index >= 15 is 0 Å². The van der Waals surface area contributed by atoms with Crippen molar-refractivity contribution in [1.29, 1.82) is 0 Å². The van der Waals surface area contributed by atoms with Gasteiger partial charge in [-0.1, -0.05) is 30.0 Å². The SMILES string of the molecule is C=CCn1c(SCC(=O)NC(=O)OCC)nc2ccccc21. The Morgan fingerprint density at radius 2 is 2.23 bits per heavy atom. The van der Waals surface area contributed by atoms with Crippen molar-refractivity contribution in [3.63, 3.8) is 0 Å². The highest BCUT2D eigenvalue weighted by molar-refractivity contribution is 7.99. The smallest absolute Gasteiger partial charge is 0.413 e. The minimum absolute atomic E-state index is 0.0826. The molecule has 1 N–H and O–H groups in total. The number of aromatic nitrogens is 2. The van der Waals surface area contributed by atoms with E-state index in [0.29, 0.717) is 11.7 Å². The lowest BCUT2D eigenvalue weighted by molar-refractivity contribution is -0.117. The number of fused-ring (bicyclic) bond motifs is 1. The number of hydrogen-bond acceptors (Lipinski definition) is 5. The van der Waals surface area contributed by atoms with Crippen LogP contribution in [0.25, 0.3) is 11.0 Å². The molecule has 1 aromatic carbocycles. The van der Waals surface area contributed by atoms with Gasteiger partial charge in [-0.3, -0.25) is 10.1 Å². The number of carbonyl (C=O) groups excluding carboxylic acids is 2. The van der Waals surface area contributed by atoms with E-state index in [4.69, 9.17) is 0 Å². The number of benzene rings is 1. The van der Waals surface area contributed by atoms with Crippen molar-refractivity contribution in [3.8, 4) is 0 Å². The van der Waals surface area contributed by atoms with Gasteiger partial charge in [0.15, 0.2) is 5.16 Å². The first-order valence-corrected chi connectivity index (χ1v) is 7.79. The van der Waals surface area contributed by atoms with Crippen molar-refractivity contribution in [2.75, 3.05) is 12.4 Å². The average Bonchev–Trinajstić information content (AvgIpc) is 2.84. The second-order valence-corrected chi connectivity index (χ2v) is 5.28. The summed E-state index contributed by atoms with van der Waals surface area (Å²) in [5.74, 6) is -0.333. The zero-order valence-corrected chi connectivity index (χ0v) is 13.1. The normalized spacial score (nSPS) is 10.4. The molecule has 0 aliphatic rings. The highest BCUT2D eigenvalue weighted by Crippen LogP contribution is 2.23. The van der Waals surface area contributed by atoms with Crippen molar-refractivity contribution in [2.24, 2.45) is 0 Å². The number of alkyl carbamates (subject to hydrolysis) is 1. The summed E-state index contributed by atoms with van der Waals surface area (Å²) in [5, 5.41) is 2.87. The van der Waals surface area contributed by atoms with E-state index < -0.39 is 12.0 Å². The van der Waals surface area contributed by atoms with Crippen LogP contribution in [0, 0.1) is 0 Å². The zero-order valence-electron chi connectivity index (χ0n) is 12.2. The van der Waals surface area contributed by atoms with Gasteiger partial charge in [-0.05, 0) is 19.1 Å². The van der Waals surface area contributed by atoms with Gasteiger partial charge in [0.05, 0.1) is 23.4 Å². The van der Waals surface area contributed by atoms with Crippen molar-refractivity contribution < 1.29 is 14.3 Å². The number of carbonyl (C=O) groups is 2. The summed E-state index contributed by atoms with van der Waals surface area (Å²) < 4.78 is 6.64. The maximum Gasteiger partial charge on any atom is 0.413 e. The van der Waals surface area contributed by atoms with Crippen LogP contribution in [0.15, 0.2) is 42.1 Å². The fourth-order valence-electron chi connectivity index (χ4n) is 1.92. The van der Waals surface area contributed by atoms with E-state index in [9.17, 15) is 9.59 Å². The Balaban J connectivity index is 2.07. The molecule has 116 valence electrons. The second kappa shape index (κ2) is 7.65. The molecule has 22 heavy (non-hydrogen) atoms. The van der Waals surface area contributed by atoms with Gasteiger partial charge in [0.2, 0.25) is 5.91 Å². The van der Waals surface area contributed by atoms with Crippen LogP contribution in [0.1, 0.15) is 6.92 Å². The number of nitrogens with zero attached hydrogens (tertiary/aromatic N) is 2. The van der Waals surface area contributed by atoms with Gasteiger partial charge in [-0.25, -0.2) is 9.78 Å². The van der Waals surface area contributed by atoms with Gasteiger partial charge < -0.3 is 9.30 Å². The molecule has 0 saturated carbocycles. The molecule has 2 amide bonds. The van der Waals surface area contributed by atoms with Crippen molar-refractivity contribution in [1.82, 2.24) is 14.9 Å². The number of allylic oxidation sites excluding steroid dienone is 1. The maximum absolute atomic E-state index is 11.7. The third kappa shape index (κ3) is 3.88. The van der Waals surface area contributed by atoms with Crippen molar-refractivity contribution >= 4 is 34.8 Å². The van der Waals surface area contributed by atoms with Crippen LogP contribution < -0.4 is 5.32 Å². The molecule has 0 saturated heterocycles. The summed E-state index contributed by atoms with van der Waals surface area (Å²) in [6, 6.07) is 7.73. The molecule has 0 unspecified atom stereocenters. The molecule has 1 heterocycles. The molecule has 0 atom stereocenters. The van der Waals surface area contributed by atoms with Gasteiger partial charge in [-0.15, -0.1) is 6.58 Å². The Morgan fingerprint density at radius 3 is 2.95 bits per heavy atom. The number of amides is 2. The molecule has 2 aromatic rings. The average molecular weight is 319 g/mol. The van der Waals surface area contributed by atoms with E-state index in [0.717, 1.165) is 11.0 Å². The highest BCUT2D eigenvalue weighted by atomic mass is 32.2. The van der Waals surface area contributed by atoms with E-state index in [1.165, 1.54) is 11.8 Å². The standard InChI is InChI=1S/C15H17N3O3S/c1-3-9-18-12-8-6-5-7-11(12)16-14(18)22-10-13(19)17-15(20)21-4-2/h3,5-8H,1,4,9-10H2,2H3,(H,17,19,20). The summed E-state index contributed by atoms with van der Waals surface area (Å²) in [6.07, 6.45) is 1.05. The predicted octanol–water partition coefficient (Wildman–Crippen LogP) is 2.59. The third-order valence-corrected chi connectivity index (χ3v) is 3.76. The van der Waals surface area contributed by atoms with E-state index in [1.807, 2.05) is 28.8 Å². The van der Waals surface area contributed by atoms with Gasteiger partial charge in [-0.2, -0.15) is 0 Å². The summed E-state index contributed by atoms with van der Waals surface area (Å²) in [6.45, 7) is 6.24. The molecule has 7 heteroatoms. The summed E-state index contributed by atoms with van der Waals surface area (Å²) in [7, 11) is 0. The van der Waals surface area contributed by atoms with Crippen LogP contribution in [-0.2, 0) is 16.1 Å². The first-order valence-electron chi connectivity index (χ1n) is 6.81. The Bertz CT molecular complexity index is 696. The molecular formula is C15H17N3O3S. The minimum atomic E-state index is -0.729. The maximum atomic E-state index is 11.7. The van der Waals surface area contributed by atoms with Crippen LogP contribution in [0.4, 0.5) is 4.79 Å². The number of ether oxygens (including phenoxy) is 1. The summed E-state index contributed by atoms with van der Waals surface area (Å²) >= 11 is 1.27. The number of imide groups is 1. The lowest BCUT2D eigenvalue weighted by atomic mass is 10.3. The Morgan fingerprint density at radius 1 is 1.45 bits per heavy atom. The van der Waals surface area contributed by atoms with Crippen LogP contribution >= 0.6 is 11.8 Å². The largest absolute Gasteiger partial charge is 0.450 e. The molecular weight excluding hydrogens is 302 g/mol. The lowest BCUT2D eigenvalue weighted by Crippen LogP contribution is -2.32. The van der Waals surface area contributed by atoms with Crippen molar-refractivity contribution in [2.45, 2.75) is 18.6 Å². The molecule has 0 spiro atoms. The summed E-state index contributed by atoms with van der Waals surface area (Å²) in [4.78, 5) is 27.4. The number of hydrogen-bond donors (Lipinski definition) is 1. The monoisotopic (exact) mass is 319 g/mol. The third-order valence-electron chi connectivity index (χ3n) is 2.78. The molecule has 0 radical (unpaired) electrons. The fourth-order valence-corrected chi connectivity index (χ4v) is 2.74. The Hall–Kier alpha value is -2.28. The molecule has 0 bridgehead atoms. The molecule has 0 fully saturated rings. The van der Waals surface area contributed by atoms with Crippen LogP contribution in [0.3, 0.4) is 0 Å². The van der Waals surface area contributed by atoms with Gasteiger partial charge in [0.25, 0.3) is 0 Å². The second-order valence-electron chi connectivity index (χ2n) is 4.34. The van der Waals surface area contributed by atoms with Crippen molar-refractivity contribution in [3.05, 3.63) is 36.9 Å². The molecule has 0 aliphatic carbocycles. The Kier molecular flexibility index (Phi) is 5.60. The molecule has 1 aromatic heterocycles. The molecule has 2 rings (SSSR count). The minimum Gasteiger partial charge on any atom is -0.450 e. The fraction of sp³-hybridized carbons (Fsp3) is 0.267. The summed E-state index contributed by atoms with van der Waals surface area (Å²) in [5.41, 5.74) is 1.84. The number of para-hydroxylation sites is 2. The first kappa shape index (κ1) is 16.1. The van der Waals surface area contributed by atoms with Gasteiger partial charge in [0, 0.05) is 6.54 Å². The van der Waals surface area contributed by atoms with E-state index in [-0.39, 0.29) is 12.4 Å². The van der Waals surface area contributed by atoms with Crippen LogP contribution in [0.2, 0.25) is 0 Å². The highest BCUT2D eigenvalue weighted by Gasteiger charge is 2.13. The number of thioether (sulfide) groups is 1. The topological polar surface area (TPSA) is 73.2 Å². The van der Waals surface area contributed by atoms with E-state index in [1.54, 1.807) is 13.0 Å². The van der Waals surface area contributed by atoms with Gasteiger partial charge >= 0.3 is 6.09 Å². The molecule has 6 nitrogen and oxygen atoms in total. The van der Waals surface area contributed by atoms with Crippen LogP contribution in [0.5, 0.6) is 0 Å². The zero-order chi connectivity index (χ0) is 15.9. The Labute approximate surface area is 132 Å². The van der Waals surface area contributed by atoms with Gasteiger partial charge in [0.1, 0.15) is 0 Å².